The van der Waals surface area contributed by atoms with E-state index in [1.165, 1.54) is 17.8 Å². The maximum absolute atomic E-state index is 13.8. The number of carbonyl (C=O) groups is 2. The Morgan fingerprint density at radius 1 is 1.13 bits per heavy atom. The predicted molar refractivity (Wildman–Crippen MR) is 123 cm³/mol. The minimum atomic E-state index is -0.633. The van der Waals surface area contributed by atoms with Crippen LogP contribution in [0.4, 0.5) is 4.39 Å². The lowest BCUT2D eigenvalue weighted by molar-refractivity contribution is -0.138. The van der Waals surface area contributed by atoms with Crippen molar-refractivity contribution in [3.63, 3.8) is 0 Å². The van der Waals surface area contributed by atoms with Gasteiger partial charge in [0.15, 0.2) is 0 Å². The number of benzene rings is 2. The van der Waals surface area contributed by atoms with E-state index in [4.69, 9.17) is 4.74 Å². The third-order valence-electron chi connectivity index (χ3n) is 4.78. The van der Waals surface area contributed by atoms with E-state index < -0.39 is 6.04 Å². The summed E-state index contributed by atoms with van der Waals surface area (Å²) in [5.41, 5.74) is 1.43. The zero-order valence-electron chi connectivity index (χ0n) is 18.6. The maximum atomic E-state index is 13.8. The molecule has 0 aliphatic carbocycles. The number of methoxy groups -OCH3 is 1. The Morgan fingerprint density at radius 3 is 2.55 bits per heavy atom. The van der Waals surface area contributed by atoms with Crippen LogP contribution in [0.15, 0.2) is 48.5 Å². The van der Waals surface area contributed by atoms with Gasteiger partial charge >= 0.3 is 0 Å². The quantitative estimate of drug-likeness (QED) is 0.560. The van der Waals surface area contributed by atoms with Crippen LogP contribution < -0.4 is 10.1 Å². The molecule has 1 N–H and O–H groups in total. The van der Waals surface area contributed by atoms with Crippen molar-refractivity contribution in [2.75, 3.05) is 19.4 Å². The Morgan fingerprint density at radius 2 is 1.87 bits per heavy atom. The van der Waals surface area contributed by atoms with Gasteiger partial charge in [0.1, 0.15) is 17.6 Å². The summed E-state index contributed by atoms with van der Waals surface area (Å²) < 4.78 is 19.1. The largest absolute Gasteiger partial charge is 0.497 e. The number of ether oxygens (including phenoxy) is 1. The second-order valence-electron chi connectivity index (χ2n) is 7.77. The first kappa shape index (κ1) is 24.7. The highest BCUT2D eigenvalue weighted by molar-refractivity contribution is 7.99. The van der Waals surface area contributed by atoms with Crippen LogP contribution >= 0.6 is 11.8 Å². The topological polar surface area (TPSA) is 58.6 Å². The zero-order valence-corrected chi connectivity index (χ0v) is 19.4. The first-order chi connectivity index (χ1) is 14.8. The number of nitrogens with zero attached hydrogens (tertiary/aromatic N) is 1. The summed E-state index contributed by atoms with van der Waals surface area (Å²) in [5, 5.41) is 2.90. The maximum Gasteiger partial charge on any atom is 0.242 e. The minimum Gasteiger partial charge on any atom is -0.497 e. The molecule has 0 saturated heterocycles. The molecule has 0 aromatic heterocycles. The van der Waals surface area contributed by atoms with Crippen LogP contribution in [0.2, 0.25) is 0 Å². The molecule has 0 aliphatic rings. The molecule has 2 aromatic carbocycles. The van der Waals surface area contributed by atoms with Crippen LogP contribution in [0.5, 0.6) is 5.75 Å². The van der Waals surface area contributed by atoms with Gasteiger partial charge in [-0.1, -0.05) is 44.2 Å². The van der Waals surface area contributed by atoms with Gasteiger partial charge in [0, 0.05) is 18.8 Å². The molecular formula is C24H31FN2O3S. The Balaban J connectivity index is 2.10. The van der Waals surface area contributed by atoms with Gasteiger partial charge in [-0.3, -0.25) is 9.59 Å². The van der Waals surface area contributed by atoms with Crippen LogP contribution in [0.1, 0.15) is 31.9 Å². The summed E-state index contributed by atoms with van der Waals surface area (Å²) in [6.45, 7) is 6.60. The first-order valence-corrected chi connectivity index (χ1v) is 11.5. The van der Waals surface area contributed by atoms with Crippen molar-refractivity contribution in [3.8, 4) is 5.75 Å². The highest BCUT2D eigenvalue weighted by Gasteiger charge is 2.26. The normalized spacial score (nSPS) is 11.8. The van der Waals surface area contributed by atoms with Gasteiger partial charge in [-0.2, -0.15) is 0 Å². The molecule has 0 spiro atoms. The van der Waals surface area contributed by atoms with E-state index in [9.17, 15) is 14.0 Å². The third-order valence-corrected chi connectivity index (χ3v) is 5.75. The van der Waals surface area contributed by atoms with Gasteiger partial charge in [-0.15, -0.1) is 11.8 Å². The van der Waals surface area contributed by atoms with Crippen molar-refractivity contribution in [1.82, 2.24) is 10.2 Å². The smallest absolute Gasteiger partial charge is 0.242 e. The summed E-state index contributed by atoms with van der Waals surface area (Å²) in [5.74, 6) is 0.905. The first-order valence-electron chi connectivity index (χ1n) is 10.3. The summed E-state index contributed by atoms with van der Waals surface area (Å²) in [6.07, 6.45) is 0. The fraction of sp³-hybridized carbons (Fsp3) is 0.417. The molecule has 2 rings (SSSR count). The Labute approximate surface area is 188 Å². The van der Waals surface area contributed by atoms with Gasteiger partial charge in [0.05, 0.1) is 12.9 Å². The van der Waals surface area contributed by atoms with Crippen molar-refractivity contribution in [2.45, 2.75) is 39.1 Å². The van der Waals surface area contributed by atoms with Crippen molar-refractivity contribution >= 4 is 23.6 Å². The molecule has 0 aliphatic heterocycles. The summed E-state index contributed by atoms with van der Waals surface area (Å²) in [7, 11) is 1.59. The number of rotatable bonds is 11. The predicted octanol–water partition coefficient (Wildman–Crippen LogP) is 4.26. The number of nitrogens with one attached hydrogen (secondary N) is 1. The number of amides is 2. The van der Waals surface area contributed by atoms with Gasteiger partial charge < -0.3 is 15.0 Å². The molecule has 168 valence electrons. The lowest BCUT2D eigenvalue weighted by Crippen LogP contribution is -2.48. The number of hydrogen-bond donors (Lipinski definition) is 1. The molecular weight excluding hydrogens is 415 g/mol. The summed E-state index contributed by atoms with van der Waals surface area (Å²) >= 11 is 1.33. The van der Waals surface area contributed by atoms with Crippen LogP contribution in [0.3, 0.4) is 0 Å². The summed E-state index contributed by atoms with van der Waals surface area (Å²) in [6, 6.07) is 13.3. The van der Waals surface area contributed by atoms with E-state index in [2.05, 4.69) is 5.32 Å². The highest BCUT2D eigenvalue weighted by atomic mass is 32.2. The molecule has 0 unspecified atom stereocenters. The molecule has 0 fully saturated rings. The van der Waals surface area contributed by atoms with E-state index >= 15 is 0 Å². The Kier molecular flexibility index (Phi) is 9.85. The third kappa shape index (κ3) is 7.90. The molecule has 0 radical (unpaired) electrons. The molecule has 5 nitrogen and oxygen atoms in total. The second-order valence-corrected chi connectivity index (χ2v) is 8.76. The van der Waals surface area contributed by atoms with Gasteiger partial charge in [-0.05, 0) is 42.2 Å². The van der Waals surface area contributed by atoms with Crippen molar-refractivity contribution in [3.05, 3.63) is 65.5 Å². The molecule has 7 heteroatoms. The molecule has 1 atom stereocenters. The highest BCUT2D eigenvalue weighted by Crippen LogP contribution is 2.19. The Bertz CT molecular complexity index is 875. The monoisotopic (exact) mass is 446 g/mol. The van der Waals surface area contributed by atoms with Crippen LogP contribution in [0, 0.1) is 11.7 Å². The number of carbonyl (C=O) groups excluding carboxylic acids is 2. The average molecular weight is 447 g/mol. The summed E-state index contributed by atoms with van der Waals surface area (Å²) in [4.78, 5) is 27.3. The second kappa shape index (κ2) is 12.3. The lowest BCUT2D eigenvalue weighted by atomic mass is 10.1. The van der Waals surface area contributed by atoms with E-state index in [-0.39, 0.29) is 29.9 Å². The standard InChI is InChI=1S/C24H31FN2O3S/c1-17(2)13-26-24(29)18(3)27(14-19-8-7-10-21(12-19)30-4)23(28)16-31-15-20-9-5-6-11-22(20)25/h5-12,17-18H,13-16H2,1-4H3,(H,26,29)/t18-/m0/s1. The molecule has 31 heavy (non-hydrogen) atoms. The number of hydrogen-bond acceptors (Lipinski definition) is 4. The fourth-order valence-electron chi connectivity index (χ4n) is 2.95. The Hall–Kier alpha value is -2.54. The molecule has 2 amide bonds. The average Bonchev–Trinajstić information content (AvgIpc) is 2.76. The molecule has 0 saturated carbocycles. The molecule has 0 bridgehead atoms. The van der Waals surface area contributed by atoms with Crippen LogP contribution in [-0.2, 0) is 21.9 Å². The minimum absolute atomic E-state index is 0.153. The van der Waals surface area contributed by atoms with Gasteiger partial charge in [0.2, 0.25) is 11.8 Å². The van der Waals surface area contributed by atoms with E-state index in [0.717, 1.165) is 5.56 Å². The molecule has 2 aromatic rings. The van der Waals surface area contributed by atoms with Crippen molar-refractivity contribution < 1.29 is 18.7 Å². The van der Waals surface area contributed by atoms with Crippen molar-refractivity contribution in [1.29, 1.82) is 0 Å². The van der Waals surface area contributed by atoms with Crippen LogP contribution in [0.25, 0.3) is 0 Å². The fourth-order valence-corrected chi connectivity index (χ4v) is 3.85. The van der Waals surface area contributed by atoms with Gasteiger partial charge in [-0.25, -0.2) is 4.39 Å². The van der Waals surface area contributed by atoms with Crippen LogP contribution in [-0.4, -0.2) is 42.2 Å². The number of halogens is 1. The molecule has 0 heterocycles. The van der Waals surface area contributed by atoms with Crippen molar-refractivity contribution in [2.24, 2.45) is 5.92 Å². The van der Waals surface area contributed by atoms with E-state index in [1.807, 2.05) is 38.1 Å². The van der Waals surface area contributed by atoms with E-state index in [0.29, 0.717) is 29.5 Å². The number of thioether (sulfide) groups is 1. The zero-order chi connectivity index (χ0) is 22.8. The van der Waals surface area contributed by atoms with E-state index in [1.54, 1.807) is 37.1 Å². The SMILES string of the molecule is COc1cccc(CN(C(=O)CSCc2ccccc2F)[C@@H](C)C(=O)NCC(C)C)c1. The van der Waals surface area contributed by atoms with Gasteiger partial charge in [0.25, 0.3) is 0 Å². The lowest BCUT2D eigenvalue weighted by Gasteiger charge is -2.29.